The van der Waals surface area contributed by atoms with Gasteiger partial charge in [0.25, 0.3) is 0 Å². The van der Waals surface area contributed by atoms with E-state index in [9.17, 15) is 22.8 Å². The maximum absolute atomic E-state index is 12.5. The molecule has 0 atom stereocenters. The van der Waals surface area contributed by atoms with Crippen LogP contribution in [0, 0.1) is 11.3 Å². The first-order valence-electron chi connectivity index (χ1n) is 9.30. The van der Waals surface area contributed by atoms with Gasteiger partial charge in [-0.15, -0.1) is 4.28 Å². The minimum absolute atomic E-state index is 0.0534. The third-order valence-electron chi connectivity index (χ3n) is 5.99. The monoisotopic (exact) mass is 418 g/mol. The molecule has 12 heteroatoms. The third-order valence-corrected chi connectivity index (χ3v) is 6.34. The number of hydrogen-bond donors (Lipinski definition) is 3. The average Bonchev–Trinajstić information content (AvgIpc) is 2.52. The van der Waals surface area contributed by atoms with Gasteiger partial charge in [-0.2, -0.15) is 13.5 Å². The fourth-order valence-electron chi connectivity index (χ4n) is 4.60. The molecule has 1 spiro atoms. The summed E-state index contributed by atoms with van der Waals surface area (Å²) in [4.78, 5) is 37.0. The summed E-state index contributed by atoms with van der Waals surface area (Å²) < 4.78 is 34.7. The fraction of sp³-hybridized carbons (Fsp3) is 0.812. The Balaban J connectivity index is 1.42. The van der Waals surface area contributed by atoms with Crippen LogP contribution in [0.3, 0.4) is 0 Å². The molecule has 3 fully saturated rings. The highest BCUT2D eigenvalue weighted by Crippen LogP contribution is 2.48. The topological polar surface area (TPSA) is 159 Å². The molecule has 1 heterocycles. The first-order chi connectivity index (χ1) is 13.0. The standard InChI is InChI=1S/C16H26N4O7S/c1-10(21)19-8-16(9-19)6-12(7-16)18-14(22)11-2-4-13(5-3-11)20(15(17)23)27-28(24,25)26/h11-13H,2-9H2,1H3,(H2,17,23)(H,18,22)(H,24,25,26)/t11-,13-. The van der Waals surface area contributed by atoms with E-state index in [2.05, 4.69) is 9.60 Å². The van der Waals surface area contributed by atoms with Crippen LogP contribution in [-0.4, -0.2) is 66.0 Å². The summed E-state index contributed by atoms with van der Waals surface area (Å²) >= 11 is 0. The second-order valence-corrected chi connectivity index (χ2v) is 9.17. The Morgan fingerprint density at radius 1 is 1.18 bits per heavy atom. The lowest BCUT2D eigenvalue weighted by Gasteiger charge is -2.59. The first-order valence-corrected chi connectivity index (χ1v) is 10.7. The van der Waals surface area contributed by atoms with Crippen LogP contribution in [0.2, 0.25) is 0 Å². The van der Waals surface area contributed by atoms with Gasteiger partial charge in [0.15, 0.2) is 0 Å². The van der Waals surface area contributed by atoms with Gasteiger partial charge in [-0.05, 0) is 38.5 Å². The molecule has 0 radical (unpaired) electrons. The lowest BCUT2D eigenvalue weighted by atomic mass is 9.60. The number of rotatable bonds is 5. The van der Waals surface area contributed by atoms with E-state index in [0.29, 0.717) is 30.7 Å². The zero-order valence-corrected chi connectivity index (χ0v) is 16.5. The molecule has 1 saturated heterocycles. The quantitative estimate of drug-likeness (QED) is 0.411. The van der Waals surface area contributed by atoms with Crippen molar-refractivity contribution in [2.24, 2.45) is 17.1 Å². The van der Waals surface area contributed by atoms with E-state index in [1.54, 1.807) is 11.8 Å². The largest absolute Gasteiger partial charge is 0.418 e. The summed E-state index contributed by atoms with van der Waals surface area (Å²) in [6.45, 7) is 3.08. The molecule has 0 bridgehead atoms. The number of amides is 4. The van der Waals surface area contributed by atoms with Crippen LogP contribution < -0.4 is 11.1 Å². The number of hydrogen-bond acceptors (Lipinski definition) is 6. The highest BCUT2D eigenvalue weighted by molar-refractivity contribution is 7.80. The summed E-state index contributed by atoms with van der Waals surface area (Å²) in [5.74, 6) is -0.205. The molecule has 4 N–H and O–H groups in total. The van der Waals surface area contributed by atoms with E-state index >= 15 is 0 Å². The van der Waals surface area contributed by atoms with Gasteiger partial charge in [0.1, 0.15) is 0 Å². The van der Waals surface area contributed by atoms with Crippen molar-refractivity contribution in [3.05, 3.63) is 0 Å². The number of carbonyl (C=O) groups excluding carboxylic acids is 3. The van der Waals surface area contributed by atoms with Crippen molar-refractivity contribution in [3.8, 4) is 0 Å². The molecule has 158 valence electrons. The Hall–Kier alpha value is -1.92. The van der Waals surface area contributed by atoms with Gasteiger partial charge in [0.2, 0.25) is 11.8 Å². The lowest BCUT2D eigenvalue weighted by molar-refractivity contribution is -0.152. The van der Waals surface area contributed by atoms with Crippen molar-refractivity contribution in [1.29, 1.82) is 0 Å². The van der Waals surface area contributed by atoms with Crippen LogP contribution in [-0.2, 0) is 24.3 Å². The van der Waals surface area contributed by atoms with E-state index in [4.69, 9.17) is 10.3 Å². The molecule has 1 aliphatic heterocycles. The third kappa shape index (κ3) is 4.55. The lowest BCUT2D eigenvalue weighted by Crippen LogP contribution is -2.67. The van der Waals surface area contributed by atoms with Crippen molar-refractivity contribution in [1.82, 2.24) is 15.3 Å². The van der Waals surface area contributed by atoms with Crippen molar-refractivity contribution < 1.29 is 31.6 Å². The summed E-state index contributed by atoms with van der Waals surface area (Å²) in [5.41, 5.74) is 5.28. The Morgan fingerprint density at radius 2 is 1.75 bits per heavy atom. The van der Waals surface area contributed by atoms with E-state index in [0.717, 1.165) is 25.9 Å². The van der Waals surface area contributed by atoms with Gasteiger partial charge in [-0.25, -0.2) is 4.79 Å². The fourth-order valence-corrected chi connectivity index (χ4v) is 5.00. The number of likely N-dealkylation sites (tertiary alicyclic amines) is 1. The second-order valence-electron chi connectivity index (χ2n) is 8.16. The molecule has 0 unspecified atom stereocenters. The van der Waals surface area contributed by atoms with Crippen LogP contribution in [0.5, 0.6) is 0 Å². The number of hydroxylamine groups is 2. The minimum Gasteiger partial charge on any atom is -0.353 e. The average molecular weight is 418 g/mol. The zero-order chi connectivity index (χ0) is 20.7. The normalized spacial score (nSPS) is 26.9. The van der Waals surface area contributed by atoms with Gasteiger partial charge in [0, 0.05) is 37.4 Å². The highest BCUT2D eigenvalue weighted by atomic mass is 32.3. The summed E-state index contributed by atoms with van der Waals surface area (Å²) in [6, 6.07) is -1.63. The predicted octanol–water partition coefficient (Wildman–Crippen LogP) is -0.213. The second kappa shape index (κ2) is 7.48. The molecular weight excluding hydrogens is 392 g/mol. The number of primary amides is 1. The van der Waals surface area contributed by atoms with Crippen molar-refractivity contribution >= 4 is 28.2 Å². The van der Waals surface area contributed by atoms with Gasteiger partial charge in [0.05, 0.1) is 6.04 Å². The van der Waals surface area contributed by atoms with Gasteiger partial charge in [-0.3, -0.25) is 14.1 Å². The van der Waals surface area contributed by atoms with Gasteiger partial charge in [-0.1, -0.05) is 0 Å². The number of carbonyl (C=O) groups is 3. The Labute approximate surface area is 163 Å². The van der Waals surface area contributed by atoms with Gasteiger partial charge >= 0.3 is 16.4 Å². The summed E-state index contributed by atoms with van der Waals surface area (Å²) in [5, 5.41) is 3.50. The minimum atomic E-state index is -4.86. The Morgan fingerprint density at radius 3 is 2.21 bits per heavy atom. The van der Waals surface area contributed by atoms with Crippen molar-refractivity contribution in [3.63, 3.8) is 0 Å². The zero-order valence-electron chi connectivity index (χ0n) is 15.7. The maximum Gasteiger partial charge on any atom is 0.418 e. The van der Waals surface area contributed by atoms with Crippen LogP contribution in [0.1, 0.15) is 45.4 Å². The Kier molecular flexibility index (Phi) is 5.56. The van der Waals surface area contributed by atoms with E-state index in [1.165, 1.54) is 0 Å². The van der Waals surface area contributed by atoms with E-state index in [1.807, 2.05) is 0 Å². The molecular formula is C16H26N4O7S. The van der Waals surface area contributed by atoms with E-state index < -0.39 is 22.5 Å². The molecule has 4 amide bonds. The van der Waals surface area contributed by atoms with E-state index in [-0.39, 0.29) is 29.2 Å². The molecule has 2 aliphatic carbocycles. The number of nitrogens with zero attached hydrogens (tertiary/aromatic N) is 2. The van der Waals surface area contributed by atoms with Crippen LogP contribution in [0.4, 0.5) is 4.79 Å². The molecule has 2 saturated carbocycles. The maximum atomic E-state index is 12.5. The van der Waals surface area contributed by atoms with Crippen LogP contribution in [0.25, 0.3) is 0 Å². The number of nitrogens with two attached hydrogens (primary N) is 1. The van der Waals surface area contributed by atoms with Gasteiger partial charge < -0.3 is 16.0 Å². The summed E-state index contributed by atoms with van der Waals surface area (Å²) in [6.07, 6.45) is 3.30. The Bertz CT molecular complexity index is 749. The first kappa shape index (κ1) is 20.8. The van der Waals surface area contributed by atoms with Crippen molar-refractivity contribution in [2.75, 3.05) is 13.1 Å². The highest BCUT2D eigenvalue weighted by Gasteiger charge is 2.53. The van der Waals surface area contributed by atoms with Crippen LogP contribution in [0.15, 0.2) is 0 Å². The molecule has 0 aromatic carbocycles. The summed E-state index contributed by atoms with van der Waals surface area (Å²) in [7, 11) is -4.86. The van der Waals surface area contributed by atoms with Crippen molar-refractivity contribution in [2.45, 2.75) is 57.5 Å². The molecule has 0 aromatic rings. The smallest absolute Gasteiger partial charge is 0.353 e. The predicted molar refractivity (Wildman–Crippen MR) is 95.7 cm³/mol. The SMILES string of the molecule is CC(=O)N1CC2(CC(NC(=O)[C@H]3CC[C@H](N(OS(=O)(=O)O)C(N)=O)CC3)C2)C1. The number of urea groups is 1. The number of nitrogens with one attached hydrogen (secondary N) is 1. The van der Waals surface area contributed by atoms with Crippen LogP contribution >= 0.6 is 0 Å². The molecule has 11 nitrogen and oxygen atoms in total. The molecule has 3 aliphatic rings. The molecule has 0 aromatic heterocycles. The molecule has 28 heavy (non-hydrogen) atoms. The molecule has 3 rings (SSSR count).